The predicted molar refractivity (Wildman–Crippen MR) is 98.9 cm³/mol. The fraction of sp³-hybridized carbons (Fsp3) is 0.250. The molecule has 2 aromatic carbocycles. The van der Waals surface area contributed by atoms with E-state index >= 15 is 0 Å². The molecule has 0 bridgehead atoms. The van der Waals surface area contributed by atoms with E-state index in [-0.39, 0.29) is 20.1 Å². The molecule has 2 heterocycles. The maximum atomic E-state index is 4.71. The second-order valence-electron chi connectivity index (χ2n) is 6.58. The van der Waals surface area contributed by atoms with Crippen LogP contribution in [0, 0.1) is 33.8 Å². The van der Waals surface area contributed by atoms with E-state index in [1.807, 2.05) is 30.7 Å². The Morgan fingerprint density at radius 2 is 1.73 bits per heavy atom. The normalized spacial score (nSPS) is 11.0. The number of hydrogen-bond acceptors (Lipinski definition) is 3. The van der Waals surface area contributed by atoms with Crippen molar-refractivity contribution in [3.05, 3.63) is 59.2 Å². The van der Waals surface area contributed by atoms with Crippen molar-refractivity contribution in [2.75, 3.05) is 0 Å². The van der Waals surface area contributed by atoms with Crippen LogP contribution in [0.2, 0.25) is 0 Å². The minimum absolute atomic E-state index is 0. The van der Waals surface area contributed by atoms with Gasteiger partial charge in [-0.15, -0.1) is 23.3 Å². The topological polar surface area (TPSA) is 48.5 Å². The summed E-state index contributed by atoms with van der Waals surface area (Å²) >= 11 is 0. The molecule has 2 aromatic heterocycles. The molecule has 0 aliphatic heterocycles. The van der Waals surface area contributed by atoms with Crippen molar-refractivity contribution in [3.63, 3.8) is 0 Å². The van der Waals surface area contributed by atoms with Gasteiger partial charge in [-0.2, -0.15) is 5.10 Å². The second kappa shape index (κ2) is 6.78. The molecule has 0 saturated carbocycles. The van der Waals surface area contributed by atoms with Crippen LogP contribution in [0.5, 0.6) is 0 Å². The third-order valence-corrected chi connectivity index (χ3v) is 4.72. The average Bonchev–Trinajstić information content (AvgIpc) is 3.12. The monoisotopic (exact) mass is 523 g/mol. The number of rotatable bonds is 2. The van der Waals surface area contributed by atoms with Crippen molar-refractivity contribution in [1.29, 1.82) is 0 Å². The minimum Gasteiger partial charge on any atom is -0.349 e. The summed E-state index contributed by atoms with van der Waals surface area (Å²) in [5.41, 5.74) is 7.60. The first kappa shape index (κ1) is 18.5. The largest absolute Gasteiger partial charge is 0.349 e. The fourth-order valence-corrected chi connectivity index (χ4v) is 3.57. The van der Waals surface area contributed by atoms with Gasteiger partial charge in [-0.25, -0.2) is 0 Å². The molecule has 0 atom stereocenters. The first-order valence-electron chi connectivity index (χ1n) is 8.29. The zero-order valence-corrected chi connectivity index (χ0v) is 17.9. The van der Waals surface area contributed by atoms with Crippen LogP contribution in [0.3, 0.4) is 0 Å². The number of nitrogens with zero attached hydrogens (tertiary/aromatic N) is 5. The van der Waals surface area contributed by atoms with E-state index in [4.69, 9.17) is 4.98 Å². The zero-order valence-electron chi connectivity index (χ0n) is 15.5. The van der Waals surface area contributed by atoms with Gasteiger partial charge in [0, 0.05) is 38.4 Å². The first-order valence-corrected chi connectivity index (χ1v) is 8.29. The molecule has 6 heteroatoms. The van der Waals surface area contributed by atoms with Crippen LogP contribution in [-0.4, -0.2) is 24.3 Å². The van der Waals surface area contributed by atoms with Crippen LogP contribution in [-0.2, 0) is 27.2 Å². The number of fused-ring (bicyclic) bond motifs is 1. The second-order valence-corrected chi connectivity index (χ2v) is 6.58. The van der Waals surface area contributed by atoms with Gasteiger partial charge in [0.05, 0.1) is 11.6 Å². The summed E-state index contributed by atoms with van der Waals surface area (Å²) in [7, 11) is 2.02. The molecule has 0 N–H and O–H groups in total. The molecule has 0 amide bonds. The van der Waals surface area contributed by atoms with Gasteiger partial charge in [0.15, 0.2) is 0 Å². The fourth-order valence-electron chi connectivity index (χ4n) is 3.57. The van der Waals surface area contributed by atoms with Gasteiger partial charge in [-0.05, 0) is 44.3 Å². The van der Waals surface area contributed by atoms with Gasteiger partial charge in [0.1, 0.15) is 6.33 Å². The average molecular weight is 523 g/mol. The van der Waals surface area contributed by atoms with Crippen molar-refractivity contribution >= 4 is 11.0 Å². The van der Waals surface area contributed by atoms with E-state index in [9.17, 15) is 0 Å². The van der Waals surface area contributed by atoms with Crippen molar-refractivity contribution in [2.24, 2.45) is 7.05 Å². The Kier molecular flexibility index (Phi) is 4.82. The molecule has 4 aromatic rings. The molecule has 5 nitrogen and oxygen atoms in total. The van der Waals surface area contributed by atoms with Crippen LogP contribution >= 0.6 is 0 Å². The Balaban J connectivity index is 0.00000196. The molecular formula is C20H20IrN5-. The molecule has 0 aliphatic rings. The van der Waals surface area contributed by atoms with Crippen molar-refractivity contribution in [1.82, 2.24) is 24.3 Å². The van der Waals surface area contributed by atoms with Gasteiger partial charge in [-0.1, -0.05) is 23.3 Å². The van der Waals surface area contributed by atoms with Gasteiger partial charge in [-0.3, -0.25) is 4.98 Å². The Bertz CT molecular complexity index is 1080. The number of aromatic nitrogens is 5. The van der Waals surface area contributed by atoms with Crippen LogP contribution in [0.25, 0.3) is 28.1 Å². The Morgan fingerprint density at radius 1 is 1.04 bits per heavy atom. The maximum absolute atomic E-state index is 4.71. The first-order chi connectivity index (χ1) is 12.0. The van der Waals surface area contributed by atoms with Gasteiger partial charge in [0.2, 0.25) is 0 Å². The molecule has 135 valence electrons. The van der Waals surface area contributed by atoms with Crippen LogP contribution in [0.15, 0.2) is 30.6 Å². The quantitative estimate of drug-likeness (QED) is 0.376. The summed E-state index contributed by atoms with van der Waals surface area (Å²) in [6.07, 6.45) is 1.77. The molecule has 0 fully saturated rings. The summed E-state index contributed by atoms with van der Waals surface area (Å²) in [5.74, 6) is 1.73. The summed E-state index contributed by atoms with van der Waals surface area (Å²) in [5, 5.41) is 8.56. The smallest absolute Gasteiger partial charge is 0.114 e. The van der Waals surface area contributed by atoms with Crippen LogP contribution < -0.4 is 0 Å². The summed E-state index contributed by atoms with van der Waals surface area (Å²) in [4.78, 5) is 4.71. The molecule has 26 heavy (non-hydrogen) atoms. The standard InChI is InChI=1S/C20H20N5.Ir/c1-12-9-13(2)19(14(3)10-12)25-11-21-23-20(25)16-7-6-8-17-18(16)22-15(4)24(17)5;/h6,8-11H,1-5H3;/q-1;. The van der Waals surface area contributed by atoms with E-state index in [1.165, 1.54) is 16.7 Å². The van der Waals surface area contributed by atoms with E-state index in [0.29, 0.717) is 0 Å². The molecule has 0 saturated heterocycles. The molecule has 0 unspecified atom stereocenters. The van der Waals surface area contributed by atoms with Crippen molar-refractivity contribution < 1.29 is 20.1 Å². The summed E-state index contributed by atoms with van der Waals surface area (Å²) in [6.45, 7) is 8.35. The third kappa shape index (κ3) is 2.79. The third-order valence-electron chi connectivity index (χ3n) is 4.72. The van der Waals surface area contributed by atoms with Crippen molar-refractivity contribution in [3.8, 4) is 17.1 Å². The minimum atomic E-state index is 0. The maximum Gasteiger partial charge on any atom is 0.114 e. The van der Waals surface area contributed by atoms with Gasteiger partial charge < -0.3 is 9.13 Å². The summed E-state index contributed by atoms with van der Waals surface area (Å²) in [6, 6.07) is 11.6. The SMILES string of the molecule is Cc1cc(C)c(-n2cnnc2-c2[c-]ccc3c2nc(C)n3C)c(C)c1.[Ir]. The summed E-state index contributed by atoms with van der Waals surface area (Å²) < 4.78 is 4.12. The van der Waals surface area contributed by atoms with Crippen LogP contribution in [0.1, 0.15) is 22.5 Å². The molecule has 1 radical (unpaired) electrons. The van der Waals surface area contributed by atoms with Gasteiger partial charge in [0.25, 0.3) is 0 Å². The van der Waals surface area contributed by atoms with Crippen LogP contribution in [0.4, 0.5) is 0 Å². The molecule has 4 rings (SSSR count). The Morgan fingerprint density at radius 3 is 2.42 bits per heavy atom. The van der Waals surface area contributed by atoms with Crippen molar-refractivity contribution in [2.45, 2.75) is 27.7 Å². The molecular weight excluding hydrogens is 502 g/mol. The number of imidazole rings is 1. The van der Waals surface area contributed by atoms with Gasteiger partial charge >= 0.3 is 0 Å². The van der Waals surface area contributed by atoms with E-state index in [1.54, 1.807) is 6.33 Å². The van der Waals surface area contributed by atoms with E-state index in [0.717, 1.165) is 33.9 Å². The molecule has 0 spiro atoms. The molecule has 0 aliphatic carbocycles. The number of aryl methyl sites for hydroxylation is 5. The Labute approximate surface area is 166 Å². The zero-order chi connectivity index (χ0) is 17.7. The number of benzene rings is 2. The van der Waals surface area contributed by atoms with E-state index < -0.39 is 0 Å². The predicted octanol–water partition coefficient (Wildman–Crippen LogP) is 3.85. The Hall–Kier alpha value is -2.30. The van der Waals surface area contributed by atoms with E-state index in [2.05, 4.69) is 53.7 Å². The number of hydrogen-bond donors (Lipinski definition) is 0.